The van der Waals surface area contributed by atoms with Gasteiger partial charge in [-0.3, -0.25) is 0 Å². The molecule has 0 bridgehead atoms. The lowest BCUT2D eigenvalue weighted by Crippen LogP contribution is -2.11. The molecule has 6 nitrogen and oxygen atoms in total. The third kappa shape index (κ3) is 4.76. The van der Waals surface area contributed by atoms with E-state index in [1.165, 1.54) is 7.11 Å². The highest BCUT2D eigenvalue weighted by Crippen LogP contribution is 2.05. The minimum Gasteiger partial charge on any atom is -0.464 e. The molecular weight excluding hydrogens is 268 g/mol. The van der Waals surface area contributed by atoms with Gasteiger partial charge in [0, 0.05) is 18.8 Å². The quantitative estimate of drug-likeness (QED) is 0.600. The van der Waals surface area contributed by atoms with Crippen molar-refractivity contribution in [2.75, 3.05) is 30.8 Å². The molecule has 1 aromatic carbocycles. The van der Waals surface area contributed by atoms with Crippen molar-refractivity contribution in [1.82, 2.24) is 10.2 Å². The van der Waals surface area contributed by atoms with Crippen LogP contribution in [0.4, 0.5) is 11.5 Å². The average Bonchev–Trinajstić information content (AvgIpc) is 2.55. The van der Waals surface area contributed by atoms with Crippen molar-refractivity contribution < 1.29 is 9.53 Å². The van der Waals surface area contributed by atoms with Gasteiger partial charge in [-0.15, -0.1) is 10.2 Å². The molecule has 0 aliphatic heterocycles. The molecule has 2 rings (SSSR count). The molecule has 0 radical (unpaired) electrons. The van der Waals surface area contributed by atoms with Crippen LogP contribution < -0.4 is 10.6 Å². The SMILES string of the molecule is COC(=O)c1ccc(NCCCNc2ccccc2)nn1. The Balaban J connectivity index is 1.68. The van der Waals surface area contributed by atoms with Gasteiger partial charge >= 0.3 is 5.97 Å². The number of benzene rings is 1. The van der Waals surface area contributed by atoms with E-state index >= 15 is 0 Å². The Kier molecular flexibility index (Phi) is 5.51. The molecular formula is C15H18N4O2. The summed E-state index contributed by atoms with van der Waals surface area (Å²) in [5, 5.41) is 14.2. The fraction of sp³-hybridized carbons (Fsp3) is 0.267. The van der Waals surface area contributed by atoms with Crippen LogP contribution in [0.15, 0.2) is 42.5 Å². The van der Waals surface area contributed by atoms with E-state index in [0.717, 1.165) is 25.2 Å². The number of rotatable bonds is 7. The second kappa shape index (κ2) is 7.84. The maximum Gasteiger partial charge on any atom is 0.358 e. The number of carbonyl (C=O) groups excluding carboxylic acids is 1. The predicted molar refractivity (Wildman–Crippen MR) is 81.4 cm³/mol. The molecule has 0 saturated heterocycles. The molecule has 0 spiro atoms. The average molecular weight is 286 g/mol. The summed E-state index contributed by atoms with van der Waals surface area (Å²) >= 11 is 0. The molecule has 1 heterocycles. The van der Waals surface area contributed by atoms with Crippen LogP contribution in [0.1, 0.15) is 16.9 Å². The van der Waals surface area contributed by atoms with Crippen molar-refractivity contribution in [3.8, 4) is 0 Å². The summed E-state index contributed by atoms with van der Waals surface area (Å²) in [6.45, 7) is 1.64. The summed E-state index contributed by atoms with van der Waals surface area (Å²) < 4.78 is 4.56. The zero-order valence-corrected chi connectivity index (χ0v) is 11.9. The fourth-order valence-electron chi connectivity index (χ4n) is 1.73. The van der Waals surface area contributed by atoms with Gasteiger partial charge in [-0.2, -0.15) is 0 Å². The first-order valence-electron chi connectivity index (χ1n) is 6.74. The zero-order chi connectivity index (χ0) is 14.9. The topological polar surface area (TPSA) is 76.1 Å². The molecule has 0 fully saturated rings. The molecule has 0 aliphatic rings. The number of anilines is 2. The van der Waals surface area contributed by atoms with E-state index in [1.54, 1.807) is 12.1 Å². The predicted octanol–water partition coefficient (Wildman–Crippen LogP) is 2.18. The Labute approximate surface area is 123 Å². The summed E-state index contributed by atoms with van der Waals surface area (Å²) in [6, 6.07) is 13.4. The van der Waals surface area contributed by atoms with Gasteiger partial charge in [0.15, 0.2) is 5.69 Å². The zero-order valence-electron chi connectivity index (χ0n) is 11.9. The lowest BCUT2D eigenvalue weighted by molar-refractivity contribution is 0.0593. The van der Waals surface area contributed by atoms with Gasteiger partial charge in [-0.25, -0.2) is 4.79 Å². The summed E-state index contributed by atoms with van der Waals surface area (Å²) in [4.78, 5) is 11.2. The standard InChI is InChI=1S/C15H18N4O2/c1-21-15(20)13-8-9-14(19-18-13)17-11-5-10-16-12-6-3-2-4-7-12/h2-4,6-9,16H,5,10-11H2,1H3,(H,17,19). The van der Waals surface area contributed by atoms with Crippen molar-refractivity contribution >= 4 is 17.5 Å². The first-order chi connectivity index (χ1) is 10.3. The minimum atomic E-state index is -0.485. The van der Waals surface area contributed by atoms with Crippen LogP contribution in [-0.2, 0) is 4.74 Å². The number of ether oxygens (including phenoxy) is 1. The van der Waals surface area contributed by atoms with Crippen molar-refractivity contribution in [3.05, 3.63) is 48.2 Å². The molecule has 0 saturated carbocycles. The van der Waals surface area contributed by atoms with E-state index in [-0.39, 0.29) is 5.69 Å². The first kappa shape index (κ1) is 14.8. The van der Waals surface area contributed by atoms with Crippen LogP contribution in [0.3, 0.4) is 0 Å². The Morgan fingerprint density at radius 1 is 1.05 bits per heavy atom. The maximum atomic E-state index is 11.2. The van der Waals surface area contributed by atoms with E-state index in [4.69, 9.17) is 0 Å². The highest BCUT2D eigenvalue weighted by Gasteiger charge is 2.06. The summed E-state index contributed by atoms with van der Waals surface area (Å²) in [5.41, 5.74) is 1.31. The summed E-state index contributed by atoms with van der Waals surface area (Å²) in [5.74, 6) is 0.156. The molecule has 0 aliphatic carbocycles. The van der Waals surface area contributed by atoms with Gasteiger partial charge in [-0.1, -0.05) is 18.2 Å². The first-order valence-corrected chi connectivity index (χ1v) is 6.74. The Morgan fingerprint density at radius 2 is 1.81 bits per heavy atom. The van der Waals surface area contributed by atoms with Gasteiger partial charge in [0.05, 0.1) is 7.11 Å². The number of aromatic nitrogens is 2. The normalized spacial score (nSPS) is 9.95. The third-order valence-corrected chi connectivity index (χ3v) is 2.82. The van der Waals surface area contributed by atoms with Crippen molar-refractivity contribution in [1.29, 1.82) is 0 Å². The molecule has 2 N–H and O–H groups in total. The molecule has 0 amide bonds. The Morgan fingerprint density at radius 3 is 2.48 bits per heavy atom. The largest absolute Gasteiger partial charge is 0.464 e. The molecule has 0 atom stereocenters. The molecule has 110 valence electrons. The van der Waals surface area contributed by atoms with Gasteiger partial charge in [-0.05, 0) is 30.7 Å². The summed E-state index contributed by atoms with van der Waals surface area (Å²) in [6.07, 6.45) is 0.940. The minimum absolute atomic E-state index is 0.203. The van der Waals surface area contributed by atoms with Crippen LogP contribution in [0.5, 0.6) is 0 Å². The molecule has 6 heteroatoms. The lowest BCUT2D eigenvalue weighted by Gasteiger charge is -2.07. The number of nitrogens with one attached hydrogen (secondary N) is 2. The van der Waals surface area contributed by atoms with E-state index in [2.05, 4.69) is 25.6 Å². The second-order valence-electron chi connectivity index (χ2n) is 4.37. The van der Waals surface area contributed by atoms with Gasteiger partial charge in [0.1, 0.15) is 5.82 Å². The number of hydrogen-bond acceptors (Lipinski definition) is 6. The van der Waals surface area contributed by atoms with E-state index < -0.39 is 5.97 Å². The maximum absolute atomic E-state index is 11.2. The number of nitrogens with zero attached hydrogens (tertiary/aromatic N) is 2. The van der Waals surface area contributed by atoms with E-state index in [9.17, 15) is 4.79 Å². The smallest absolute Gasteiger partial charge is 0.358 e. The van der Waals surface area contributed by atoms with Gasteiger partial charge in [0.2, 0.25) is 0 Å². The van der Waals surface area contributed by atoms with E-state index in [0.29, 0.717) is 5.82 Å². The molecule has 0 unspecified atom stereocenters. The van der Waals surface area contributed by atoms with Crippen molar-refractivity contribution in [2.24, 2.45) is 0 Å². The van der Waals surface area contributed by atoms with Crippen LogP contribution >= 0.6 is 0 Å². The van der Waals surface area contributed by atoms with E-state index in [1.807, 2.05) is 30.3 Å². The van der Waals surface area contributed by atoms with Crippen LogP contribution in [-0.4, -0.2) is 36.4 Å². The lowest BCUT2D eigenvalue weighted by atomic mass is 10.3. The van der Waals surface area contributed by atoms with Crippen LogP contribution in [0, 0.1) is 0 Å². The number of para-hydroxylation sites is 1. The number of esters is 1. The number of hydrogen-bond donors (Lipinski definition) is 2. The highest BCUT2D eigenvalue weighted by atomic mass is 16.5. The van der Waals surface area contributed by atoms with Crippen LogP contribution in [0.25, 0.3) is 0 Å². The van der Waals surface area contributed by atoms with Crippen molar-refractivity contribution in [2.45, 2.75) is 6.42 Å². The highest BCUT2D eigenvalue weighted by molar-refractivity contribution is 5.86. The van der Waals surface area contributed by atoms with Crippen LogP contribution in [0.2, 0.25) is 0 Å². The summed E-state index contributed by atoms with van der Waals surface area (Å²) in [7, 11) is 1.32. The Hall–Kier alpha value is -2.63. The van der Waals surface area contributed by atoms with Gasteiger partial charge in [0.25, 0.3) is 0 Å². The number of carbonyl (C=O) groups is 1. The van der Waals surface area contributed by atoms with Gasteiger partial charge < -0.3 is 15.4 Å². The second-order valence-corrected chi connectivity index (χ2v) is 4.37. The number of methoxy groups -OCH3 is 1. The fourth-order valence-corrected chi connectivity index (χ4v) is 1.73. The Bertz CT molecular complexity index is 558. The molecule has 2 aromatic rings. The molecule has 1 aromatic heterocycles. The molecule has 21 heavy (non-hydrogen) atoms. The third-order valence-electron chi connectivity index (χ3n) is 2.82. The van der Waals surface area contributed by atoms with Crippen molar-refractivity contribution in [3.63, 3.8) is 0 Å². The monoisotopic (exact) mass is 286 g/mol.